The van der Waals surface area contributed by atoms with Crippen LogP contribution >= 0.6 is 0 Å². The fraction of sp³-hybridized carbons (Fsp3) is 0.381. The highest BCUT2D eigenvalue weighted by Crippen LogP contribution is 2.43. The van der Waals surface area contributed by atoms with Crippen LogP contribution in [0.5, 0.6) is 0 Å². The number of halogens is 2. The van der Waals surface area contributed by atoms with Gasteiger partial charge < -0.3 is 11.1 Å². The Morgan fingerprint density at radius 1 is 1.44 bits per heavy atom. The Morgan fingerprint density at radius 3 is 2.78 bits per heavy atom. The molecule has 0 bridgehead atoms. The molecule has 1 saturated carbocycles. The largest absolute Gasteiger partial charge is 0.369 e. The van der Waals surface area contributed by atoms with Crippen LogP contribution < -0.4 is 11.1 Å². The van der Waals surface area contributed by atoms with Crippen molar-refractivity contribution in [2.75, 3.05) is 7.05 Å². The van der Waals surface area contributed by atoms with Crippen LogP contribution in [0.25, 0.3) is 0 Å². The number of nitrogens with zero attached hydrogens (tertiary/aromatic N) is 3. The van der Waals surface area contributed by atoms with Gasteiger partial charge in [0.2, 0.25) is 16.0 Å². The molecule has 11 heteroatoms. The van der Waals surface area contributed by atoms with Crippen molar-refractivity contribution in [3.8, 4) is 0 Å². The molecular weight excluding hydrogens is 440 g/mol. The maximum atomic E-state index is 13.8. The highest BCUT2D eigenvalue weighted by Gasteiger charge is 2.51. The van der Waals surface area contributed by atoms with Crippen LogP contribution in [-0.2, 0) is 10.0 Å². The minimum absolute atomic E-state index is 0.0982. The number of aromatic nitrogens is 1. The molecule has 2 heterocycles. The number of aliphatic imine (C=N–C) groups is 1. The van der Waals surface area contributed by atoms with Crippen molar-refractivity contribution in [1.29, 1.82) is 0 Å². The van der Waals surface area contributed by atoms with E-state index in [1.54, 1.807) is 26.0 Å². The van der Waals surface area contributed by atoms with Crippen molar-refractivity contribution < 1.29 is 22.0 Å². The van der Waals surface area contributed by atoms with Gasteiger partial charge in [-0.05, 0) is 50.3 Å². The fourth-order valence-electron chi connectivity index (χ4n) is 3.91. The second-order valence-electron chi connectivity index (χ2n) is 7.97. The molecule has 1 aromatic rings. The standard InChI is InChI=1S/C21H25F2N5O3S/c1-12(26-19(29)18-16(23)10-15(22)11-25-18)8-9-14-6-5-7-17-21(3,13(14)2)27-20(24)28(4)32(17,30)31/h8-11,17H,2,5-7H2,1,3-4H3,(H2,24,27)(H,26,29)/b12-8+,14-9-/t17-,21+/m0/s1. The lowest BCUT2D eigenvalue weighted by molar-refractivity contribution is 0.0956. The highest BCUT2D eigenvalue weighted by atomic mass is 32.2. The van der Waals surface area contributed by atoms with Crippen LogP contribution in [0.1, 0.15) is 43.6 Å². The summed E-state index contributed by atoms with van der Waals surface area (Å²) in [6, 6.07) is 0.581. The Kier molecular flexibility index (Phi) is 6.23. The number of guanidine groups is 1. The highest BCUT2D eigenvalue weighted by molar-refractivity contribution is 7.90. The van der Waals surface area contributed by atoms with Crippen LogP contribution in [0.3, 0.4) is 0 Å². The molecule has 1 fully saturated rings. The molecule has 3 N–H and O–H groups in total. The van der Waals surface area contributed by atoms with Gasteiger partial charge in [-0.15, -0.1) is 0 Å². The van der Waals surface area contributed by atoms with E-state index in [1.165, 1.54) is 7.05 Å². The van der Waals surface area contributed by atoms with Crippen molar-refractivity contribution in [3.05, 3.63) is 65.2 Å². The first-order valence-electron chi connectivity index (χ1n) is 9.90. The fourth-order valence-corrected chi connectivity index (χ4v) is 5.83. The lowest BCUT2D eigenvalue weighted by Crippen LogP contribution is -2.57. The van der Waals surface area contributed by atoms with E-state index in [1.807, 2.05) is 0 Å². The lowest BCUT2D eigenvalue weighted by atomic mass is 9.85. The number of nitrogens with one attached hydrogen (secondary N) is 1. The number of hydrogen-bond donors (Lipinski definition) is 2. The average Bonchev–Trinajstić information content (AvgIpc) is 2.82. The maximum Gasteiger partial charge on any atom is 0.277 e. The predicted molar refractivity (Wildman–Crippen MR) is 117 cm³/mol. The molecule has 8 nitrogen and oxygen atoms in total. The molecule has 3 rings (SSSR count). The van der Waals surface area contributed by atoms with Gasteiger partial charge in [-0.3, -0.25) is 4.79 Å². The molecule has 0 aromatic carbocycles. The van der Waals surface area contributed by atoms with Gasteiger partial charge in [0.1, 0.15) is 16.6 Å². The summed E-state index contributed by atoms with van der Waals surface area (Å²) in [5.41, 5.74) is 5.91. The topological polar surface area (TPSA) is 118 Å². The van der Waals surface area contributed by atoms with Crippen LogP contribution in [0.15, 0.2) is 52.8 Å². The van der Waals surface area contributed by atoms with Crippen molar-refractivity contribution in [3.63, 3.8) is 0 Å². The Hall–Kier alpha value is -3.08. The molecular formula is C21H25F2N5O3S. The van der Waals surface area contributed by atoms with E-state index in [2.05, 4.69) is 21.9 Å². The number of sulfonamides is 1. The quantitative estimate of drug-likeness (QED) is 0.711. The third-order valence-corrected chi connectivity index (χ3v) is 8.18. The van der Waals surface area contributed by atoms with Gasteiger partial charge in [-0.2, -0.15) is 0 Å². The second-order valence-corrected chi connectivity index (χ2v) is 10.1. The van der Waals surface area contributed by atoms with E-state index >= 15 is 0 Å². The third kappa shape index (κ3) is 4.16. The number of rotatable bonds is 3. The van der Waals surface area contributed by atoms with Gasteiger partial charge in [-0.25, -0.2) is 31.5 Å². The summed E-state index contributed by atoms with van der Waals surface area (Å²) >= 11 is 0. The normalized spacial score (nSPS) is 26.9. The number of fused-ring (bicyclic) bond motifs is 1. The van der Waals surface area contributed by atoms with Crippen LogP contribution in [0.2, 0.25) is 0 Å². The first kappa shape index (κ1) is 23.6. The number of pyridine rings is 1. The predicted octanol–water partition coefficient (Wildman–Crippen LogP) is 2.38. The lowest BCUT2D eigenvalue weighted by Gasteiger charge is -2.41. The van der Waals surface area contributed by atoms with Crippen molar-refractivity contribution >= 4 is 21.9 Å². The van der Waals surface area contributed by atoms with E-state index in [9.17, 15) is 22.0 Å². The van der Waals surface area contributed by atoms with E-state index in [4.69, 9.17) is 5.73 Å². The Morgan fingerprint density at radius 2 is 2.12 bits per heavy atom. The van der Waals surface area contributed by atoms with E-state index in [-0.39, 0.29) is 5.96 Å². The van der Waals surface area contributed by atoms with Gasteiger partial charge in [0.05, 0.1) is 6.20 Å². The number of carbonyl (C=O) groups is 1. The first-order chi connectivity index (χ1) is 14.9. The molecule has 2 aliphatic rings. The molecule has 1 aliphatic heterocycles. The van der Waals surface area contributed by atoms with Gasteiger partial charge >= 0.3 is 0 Å². The Labute approximate surface area is 185 Å². The first-order valence-corrected chi connectivity index (χ1v) is 11.4. The molecule has 1 aromatic heterocycles. The molecule has 172 valence electrons. The smallest absolute Gasteiger partial charge is 0.277 e. The summed E-state index contributed by atoms with van der Waals surface area (Å²) in [6.45, 7) is 7.42. The van der Waals surface area contributed by atoms with Crippen molar-refractivity contribution in [2.24, 2.45) is 10.7 Å². The molecule has 0 unspecified atom stereocenters. The number of allylic oxidation sites excluding steroid dienone is 3. The van der Waals surface area contributed by atoms with Crippen LogP contribution in [0, 0.1) is 11.6 Å². The zero-order valence-corrected chi connectivity index (χ0v) is 18.8. The van der Waals surface area contributed by atoms with E-state index in [0.29, 0.717) is 36.6 Å². The van der Waals surface area contributed by atoms with Gasteiger partial charge in [0, 0.05) is 18.8 Å². The van der Waals surface area contributed by atoms with E-state index in [0.717, 1.165) is 16.1 Å². The Bertz CT molecular complexity index is 1180. The summed E-state index contributed by atoms with van der Waals surface area (Å²) in [5.74, 6) is -2.86. The molecule has 32 heavy (non-hydrogen) atoms. The minimum atomic E-state index is -3.69. The van der Waals surface area contributed by atoms with Gasteiger partial charge in [0.15, 0.2) is 11.5 Å². The molecule has 1 aliphatic carbocycles. The molecule has 0 spiro atoms. The second kappa shape index (κ2) is 8.45. The number of amides is 1. The third-order valence-electron chi connectivity index (χ3n) is 5.82. The summed E-state index contributed by atoms with van der Waals surface area (Å²) in [5, 5.41) is 1.70. The van der Waals surface area contributed by atoms with Crippen molar-refractivity contribution in [2.45, 2.75) is 43.9 Å². The minimum Gasteiger partial charge on any atom is -0.369 e. The molecule has 1 amide bonds. The number of nitrogens with two attached hydrogens (primary N) is 1. The van der Waals surface area contributed by atoms with E-state index < -0.39 is 44.0 Å². The van der Waals surface area contributed by atoms with Gasteiger partial charge in [0.25, 0.3) is 5.91 Å². The Balaban J connectivity index is 1.86. The summed E-state index contributed by atoms with van der Waals surface area (Å²) in [7, 11) is -2.31. The maximum absolute atomic E-state index is 13.8. The SMILES string of the molecule is C=C1/C(=C\C=C(/C)NC(=O)c2ncc(F)cc2F)CCC[C@H]2[C@]1(C)N=C(N)N(C)S2(=O)=O. The number of hydrogen-bond acceptors (Lipinski definition) is 6. The monoisotopic (exact) mass is 465 g/mol. The number of carbonyl (C=O) groups excluding carboxylic acids is 1. The zero-order chi connectivity index (χ0) is 23.8. The molecule has 0 saturated heterocycles. The summed E-state index contributed by atoms with van der Waals surface area (Å²) < 4.78 is 53.6. The summed E-state index contributed by atoms with van der Waals surface area (Å²) in [6.07, 6.45) is 5.62. The van der Waals surface area contributed by atoms with Crippen LogP contribution in [-0.4, -0.2) is 47.4 Å². The molecule has 2 atom stereocenters. The van der Waals surface area contributed by atoms with Gasteiger partial charge in [-0.1, -0.05) is 12.7 Å². The molecule has 0 radical (unpaired) electrons. The zero-order valence-electron chi connectivity index (χ0n) is 18.0. The van der Waals surface area contributed by atoms with Crippen molar-refractivity contribution in [1.82, 2.24) is 14.6 Å². The average molecular weight is 466 g/mol. The van der Waals surface area contributed by atoms with Crippen LogP contribution in [0.4, 0.5) is 8.78 Å². The summed E-state index contributed by atoms with van der Waals surface area (Å²) in [4.78, 5) is 20.2.